The van der Waals surface area contributed by atoms with Gasteiger partial charge in [-0.1, -0.05) is 13.8 Å². The Balaban J connectivity index is 2.15. The third kappa shape index (κ3) is 4.24. The van der Waals surface area contributed by atoms with E-state index < -0.39 is 0 Å². The Bertz CT molecular complexity index is 663. The third-order valence-electron chi connectivity index (χ3n) is 3.84. The lowest BCUT2D eigenvalue weighted by Gasteiger charge is -2.28. The molecule has 0 atom stereocenters. The molecular weight excluding hydrogens is 306 g/mol. The van der Waals surface area contributed by atoms with Crippen LogP contribution in [0.4, 0.5) is 0 Å². The lowest BCUT2D eigenvalue weighted by Crippen LogP contribution is -2.40. The van der Waals surface area contributed by atoms with E-state index in [0.29, 0.717) is 6.54 Å². The van der Waals surface area contributed by atoms with E-state index in [1.54, 1.807) is 11.3 Å². The fourth-order valence-electron chi connectivity index (χ4n) is 2.96. The summed E-state index contributed by atoms with van der Waals surface area (Å²) in [6.07, 6.45) is 0. The number of aryl methyl sites for hydroxylation is 2. The summed E-state index contributed by atoms with van der Waals surface area (Å²) in [5.74, 6) is 0.000538. The van der Waals surface area contributed by atoms with Crippen molar-refractivity contribution < 1.29 is 4.79 Å². The van der Waals surface area contributed by atoms with Crippen molar-refractivity contribution in [1.82, 2.24) is 14.8 Å². The molecule has 2 aromatic heterocycles. The minimum Gasteiger partial charge on any atom is -0.351 e. The summed E-state index contributed by atoms with van der Waals surface area (Å²) in [5, 5.41) is 6.07. The van der Waals surface area contributed by atoms with Gasteiger partial charge in [0.15, 0.2) is 0 Å². The first kappa shape index (κ1) is 17.8. The molecule has 1 amide bonds. The fourth-order valence-corrected chi connectivity index (χ4v) is 3.98. The first-order chi connectivity index (χ1) is 10.7. The molecule has 0 aromatic carbocycles. The number of thiophene rings is 1. The molecule has 2 heterocycles. The third-order valence-corrected chi connectivity index (χ3v) is 4.73. The van der Waals surface area contributed by atoms with E-state index in [1.165, 1.54) is 0 Å². The molecule has 0 saturated carbocycles. The predicted octanol–water partition coefficient (Wildman–Crippen LogP) is 3.47. The minimum atomic E-state index is 0.000538. The van der Waals surface area contributed by atoms with Gasteiger partial charge in [0.05, 0.1) is 5.56 Å². The molecule has 5 heteroatoms. The number of hydrogen-bond acceptors (Lipinski definition) is 3. The maximum Gasteiger partial charge on any atom is 0.254 e. The Morgan fingerprint density at radius 3 is 2.39 bits per heavy atom. The molecule has 4 nitrogen and oxygen atoms in total. The summed E-state index contributed by atoms with van der Waals surface area (Å²) in [6.45, 7) is 10.1. The van der Waals surface area contributed by atoms with E-state index in [9.17, 15) is 4.79 Å². The first-order valence-electron chi connectivity index (χ1n) is 7.87. The summed E-state index contributed by atoms with van der Waals surface area (Å²) in [4.78, 5) is 14.8. The molecule has 0 aliphatic rings. The summed E-state index contributed by atoms with van der Waals surface area (Å²) in [7, 11) is 4.11. The lowest BCUT2D eigenvalue weighted by molar-refractivity contribution is 0.0929. The van der Waals surface area contributed by atoms with Crippen molar-refractivity contribution in [1.29, 1.82) is 0 Å². The summed E-state index contributed by atoms with van der Waals surface area (Å²) >= 11 is 1.60. The molecular formula is C18H27N3OS. The van der Waals surface area contributed by atoms with Gasteiger partial charge in [-0.2, -0.15) is 0 Å². The molecule has 0 aliphatic carbocycles. The van der Waals surface area contributed by atoms with Crippen molar-refractivity contribution >= 4 is 17.2 Å². The number of amides is 1. The second-order valence-corrected chi connectivity index (χ2v) is 8.07. The summed E-state index contributed by atoms with van der Waals surface area (Å²) in [6, 6.07) is 6.07. The Morgan fingerprint density at radius 1 is 1.22 bits per heavy atom. The van der Waals surface area contributed by atoms with Crippen LogP contribution in [0.25, 0.3) is 5.00 Å². The predicted molar refractivity (Wildman–Crippen MR) is 97.8 cm³/mol. The average Bonchev–Trinajstić information content (AvgIpc) is 3.01. The number of nitrogens with zero attached hydrogens (tertiary/aromatic N) is 2. The van der Waals surface area contributed by atoms with Crippen LogP contribution >= 0.6 is 11.3 Å². The van der Waals surface area contributed by atoms with Crippen LogP contribution in [0.2, 0.25) is 0 Å². The zero-order chi connectivity index (χ0) is 17.2. The monoisotopic (exact) mass is 333 g/mol. The molecule has 0 unspecified atom stereocenters. The molecule has 2 rings (SSSR count). The van der Waals surface area contributed by atoms with Crippen molar-refractivity contribution in [2.45, 2.75) is 27.7 Å². The zero-order valence-electron chi connectivity index (χ0n) is 14.9. The van der Waals surface area contributed by atoms with Crippen molar-refractivity contribution in [2.24, 2.45) is 5.41 Å². The van der Waals surface area contributed by atoms with Gasteiger partial charge in [-0.3, -0.25) is 4.79 Å². The highest BCUT2D eigenvalue weighted by Gasteiger charge is 2.22. The summed E-state index contributed by atoms with van der Waals surface area (Å²) in [5.41, 5.74) is 3.08. The van der Waals surface area contributed by atoms with Gasteiger partial charge in [-0.05, 0) is 56.9 Å². The molecule has 0 radical (unpaired) electrons. The van der Waals surface area contributed by atoms with E-state index >= 15 is 0 Å². The standard InChI is InChI=1S/C18H27N3OS/c1-13-7-8-14(2)21(13)17-15(9-10-23-17)16(22)19-11-18(3,4)12-20(5)6/h7-10H,11-12H2,1-6H3,(H,19,22). The topological polar surface area (TPSA) is 37.3 Å². The number of aromatic nitrogens is 1. The van der Waals surface area contributed by atoms with Gasteiger partial charge in [0, 0.05) is 24.5 Å². The Labute approximate surface area is 143 Å². The highest BCUT2D eigenvalue weighted by Crippen LogP contribution is 2.26. The van der Waals surface area contributed by atoms with E-state index in [1.807, 2.05) is 11.4 Å². The Hall–Kier alpha value is -1.59. The van der Waals surface area contributed by atoms with Gasteiger partial charge in [0.2, 0.25) is 0 Å². The van der Waals surface area contributed by atoms with E-state index in [2.05, 4.69) is 68.7 Å². The van der Waals surface area contributed by atoms with Gasteiger partial charge in [-0.25, -0.2) is 0 Å². The minimum absolute atomic E-state index is 0.000538. The van der Waals surface area contributed by atoms with Crippen LogP contribution in [0.15, 0.2) is 23.6 Å². The highest BCUT2D eigenvalue weighted by atomic mass is 32.1. The second-order valence-electron chi connectivity index (χ2n) is 7.18. The maximum absolute atomic E-state index is 12.6. The van der Waals surface area contributed by atoms with E-state index in [4.69, 9.17) is 0 Å². The molecule has 0 saturated heterocycles. The Morgan fingerprint density at radius 2 is 1.83 bits per heavy atom. The van der Waals surface area contributed by atoms with Crippen LogP contribution < -0.4 is 5.32 Å². The van der Waals surface area contributed by atoms with Gasteiger partial charge in [-0.15, -0.1) is 11.3 Å². The van der Waals surface area contributed by atoms with Gasteiger partial charge in [0.25, 0.3) is 5.91 Å². The van der Waals surface area contributed by atoms with Crippen molar-refractivity contribution in [3.05, 3.63) is 40.5 Å². The summed E-state index contributed by atoms with van der Waals surface area (Å²) < 4.78 is 2.14. The van der Waals surface area contributed by atoms with E-state index in [0.717, 1.165) is 28.5 Å². The number of rotatable bonds is 6. The molecule has 0 spiro atoms. The number of carbonyl (C=O) groups excluding carboxylic acids is 1. The van der Waals surface area contributed by atoms with Crippen LogP contribution in [0.3, 0.4) is 0 Å². The molecule has 2 aromatic rings. The van der Waals surface area contributed by atoms with Crippen LogP contribution in [-0.2, 0) is 0 Å². The van der Waals surface area contributed by atoms with Gasteiger partial charge >= 0.3 is 0 Å². The normalized spacial score (nSPS) is 12.0. The van der Waals surface area contributed by atoms with Crippen molar-refractivity contribution in [3.63, 3.8) is 0 Å². The fraction of sp³-hybridized carbons (Fsp3) is 0.500. The molecule has 126 valence electrons. The van der Waals surface area contributed by atoms with Gasteiger partial charge < -0.3 is 14.8 Å². The Kier molecular flexibility index (Phi) is 5.32. The van der Waals surface area contributed by atoms with Crippen molar-refractivity contribution in [3.8, 4) is 5.00 Å². The largest absolute Gasteiger partial charge is 0.351 e. The van der Waals surface area contributed by atoms with Crippen LogP contribution in [0.1, 0.15) is 35.6 Å². The van der Waals surface area contributed by atoms with Crippen molar-refractivity contribution in [2.75, 3.05) is 27.2 Å². The average molecular weight is 334 g/mol. The molecule has 0 bridgehead atoms. The first-order valence-corrected chi connectivity index (χ1v) is 8.75. The van der Waals surface area contributed by atoms with E-state index in [-0.39, 0.29) is 11.3 Å². The molecule has 1 N–H and O–H groups in total. The quantitative estimate of drug-likeness (QED) is 0.879. The zero-order valence-corrected chi connectivity index (χ0v) is 15.8. The SMILES string of the molecule is Cc1ccc(C)n1-c1sccc1C(=O)NCC(C)(C)CN(C)C. The molecule has 0 fully saturated rings. The number of hydrogen-bond donors (Lipinski definition) is 1. The smallest absolute Gasteiger partial charge is 0.254 e. The van der Waals surface area contributed by atoms with Gasteiger partial charge in [0.1, 0.15) is 5.00 Å². The highest BCUT2D eigenvalue weighted by molar-refractivity contribution is 7.13. The number of nitrogens with one attached hydrogen (secondary N) is 1. The second kappa shape index (κ2) is 6.89. The molecule has 0 aliphatic heterocycles. The van der Waals surface area contributed by atoms with Crippen LogP contribution in [0, 0.1) is 19.3 Å². The lowest BCUT2D eigenvalue weighted by atomic mass is 9.93. The van der Waals surface area contributed by atoms with Crippen LogP contribution in [0.5, 0.6) is 0 Å². The molecule has 23 heavy (non-hydrogen) atoms. The van der Waals surface area contributed by atoms with Crippen LogP contribution in [-0.4, -0.2) is 42.6 Å². The maximum atomic E-state index is 12.6. The number of carbonyl (C=O) groups is 1.